The Labute approximate surface area is 117 Å². The Kier molecular flexibility index (Phi) is 3.72. The molecular formula is C13H19N5S. The zero-order valence-corrected chi connectivity index (χ0v) is 12.2. The fraction of sp³-hybridized carbons (Fsp3) is 0.538. The van der Waals surface area contributed by atoms with Crippen LogP contribution in [-0.2, 0) is 6.54 Å². The standard InChI is InChI=1S/C13H19N5S/c1-10-15-16-12-7-11(8-13(19-2)18(10)12)9-17-5-3-14-4-6-17/h7-8,14H,3-6,9H2,1-2H3. The number of pyridine rings is 1. The van der Waals surface area contributed by atoms with Crippen molar-refractivity contribution in [2.24, 2.45) is 0 Å². The van der Waals surface area contributed by atoms with Gasteiger partial charge in [0.15, 0.2) is 5.65 Å². The van der Waals surface area contributed by atoms with Crippen LogP contribution in [0.4, 0.5) is 0 Å². The highest BCUT2D eigenvalue weighted by Gasteiger charge is 2.13. The van der Waals surface area contributed by atoms with E-state index in [0.29, 0.717) is 0 Å². The summed E-state index contributed by atoms with van der Waals surface area (Å²) in [5, 5.41) is 13.0. The number of rotatable bonds is 3. The molecule has 5 nitrogen and oxygen atoms in total. The van der Waals surface area contributed by atoms with E-state index in [1.54, 1.807) is 11.8 Å². The summed E-state index contributed by atoms with van der Waals surface area (Å²) in [6, 6.07) is 4.41. The van der Waals surface area contributed by atoms with Gasteiger partial charge in [0.05, 0.1) is 5.03 Å². The molecule has 0 unspecified atom stereocenters. The minimum Gasteiger partial charge on any atom is -0.314 e. The van der Waals surface area contributed by atoms with Gasteiger partial charge in [0.2, 0.25) is 0 Å². The van der Waals surface area contributed by atoms with Crippen molar-refractivity contribution >= 4 is 17.4 Å². The lowest BCUT2D eigenvalue weighted by atomic mass is 10.2. The van der Waals surface area contributed by atoms with Gasteiger partial charge in [-0.2, -0.15) is 0 Å². The maximum atomic E-state index is 4.25. The fourth-order valence-electron chi connectivity index (χ4n) is 2.54. The van der Waals surface area contributed by atoms with Crippen molar-refractivity contribution in [3.05, 3.63) is 23.5 Å². The largest absolute Gasteiger partial charge is 0.314 e. The molecule has 1 aliphatic rings. The molecule has 0 amide bonds. The highest BCUT2D eigenvalue weighted by molar-refractivity contribution is 7.98. The van der Waals surface area contributed by atoms with Gasteiger partial charge < -0.3 is 5.32 Å². The Balaban J connectivity index is 1.91. The van der Waals surface area contributed by atoms with Crippen LogP contribution in [0.5, 0.6) is 0 Å². The van der Waals surface area contributed by atoms with Crippen LogP contribution in [0.25, 0.3) is 5.65 Å². The zero-order valence-electron chi connectivity index (χ0n) is 11.4. The van der Waals surface area contributed by atoms with E-state index in [9.17, 15) is 0 Å². The number of aromatic nitrogens is 3. The van der Waals surface area contributed by atoms with Gasteiger partial charge in [0.25, 0.3) is 0 Å². The Morgan fingerprint density at radius 1 is 1.26 bits per heavy atom. The summed E-state index contributed by atoms with van der Waals surface area (Å²) < 4.78 is 2.12. The first-order valence-electron chi connectivity index (χ1n) is 6.59. The third-order valence-electron chi connectivity index (χ3n) is 3.52. The third-order valence-corrected chi connectivity index (χ3v) is 4.24. The van der Waals surface area contributed by atoms with Crippen LogP contribution in [0.15, 0.2) is 17.2 Å². The first-order valence-corrected chi connectivity index (χ1v) is 7.82. The van der Waals surface area contributed by atoms with Crippen molar-refractivity contribution in [3.8, 4) is 0 Å². The molecule has 102 valence electrons. The number of nitrogens with one attached hydrogen (secondary N) is 1. The molecule has 0 aliphatic carbocycles. The van der Waals surface area contributed by atoms with E-state index in [2.05, 4.69) is 43.2 Å². The first-order chi connectivity index (χ1) is 9.28. The third kappa shape index (κ3) is 2.61. The summed E-state index contributed by atoms with van der Waals surface area (Å²) in [6.45, 7) is 7.40. The molecular weight excluding hydrogens is 258 g/mol. The van der Waals surface area contributed by atoms with Crippen LogP contribution in [0.3, 0.4) is 0 Å². The molecule has 1 N–H and O–H groups in total. The SMILES string of the molecule is CSc1cc(CN2CCNCC2)cc2nnc(C)n12. The molecule has 2 aromatic rings. The molecule has 0 bridgehead atoms. The van der Waals surface area contributed by atoms with E-state index in [4.69, 9.17) is 0 Å². The van der Waals surface area contributed by atoms with Crippen molar-refractivity contribution < 1.29 is 0 Å². The molecule has 1 fully saturated rings. The van der Waals surface area contributed by atoms with Crippen LogP contribution in [0, 0.1) is 6.92 Å². The Bertz CT molecular complexity index is 574. The van der Waals surface area contributed by atoms with Gasteiger partial charge in [-0.25, -0.2) is 0 Å². The van der Waals surface area contributed by atoms with E-state index >= 15 is 0 Å². The summed E-state index contributed by atoms with van der Waals surface area (Å²) in [5.41, 5.74) is 2.28. The molecule has 3 heterocycles. The van der Waals surface area contributed by atoms with Crippen molar-refractivity contribution in [1.29, 1.82) is 0 Å². The lowest BCUT2D eigenvalue weighted by Crippen LogP contribution is -2.42. The second kappa shape index (κ2) is 5.48. The molecule has 1 saturated heterocycles. The summed E-state index contributed by atoms with van der Waals surface area (Å²) in [7, 11) is 0. The van der Waals surface area contributed by atoms with Crippen molar-refractivity contribution in [2.75, 3.05) is 32.4 Å². The van der Waals surface area contributed by atoms with Gasteiger partial charge in [-0.3, -0.25) is 9.30 Å². The summed E-state index contributed by atoms with van der Waals surface area (Å²) in [5.74, 6) is 0.952. The van der Waals surface area contributed by atoms with E-state index in [1.165, 1.54) is 10.6 Å². The molecule has 3 rings (SSSR count). The van der Waals surface area contributed by atoms with Crippen molar-refractivity contribution in [1.82, 2.24) is 24.8 Å². The van der Waals surface area contributed by atoms with Crippen molar-refractivity contribution in [3.63, 3.8) is 0 Å². The molecule has 0 saturated carbocycles. The Hall–Kier alpha value is -1.11. The first kappa shape index (κ1) is 12.9. The molecule has 1 aliphatic heterocycles. The number of aryl methyl sites for hydroxylation is 1. The maximum absolute atomic E-state index is 4.25. The Morgan fingerprint density at radius 2 is 2.05 bits per heavy atom. The number of hydrogen-bond donors (Lipinski definition) is 1. The predicted molar refractivity (Wildman–Crippen MR) is 77.7 cm³/mol. The maximum Gasteiger partial charge on any atom is 0.161 e. The molecule has 0 aromatic carbocycles. The number of fused-ring (bicyclic) bond motifs is 1. The van der Waals surface area contributed by atoms with E-state index in [1.807, 2.05) is 6.92 Å². The van der Waals surface area contributed by atoms with Crippen LogP contribution in [0.1, 0.15) is 11.4 Å². The highest BCUT2D eigenvalue weighted by atomic mass is 32.2. The van der Waals surface area contributed by atoms with Gasteiger partial charge in [0, 0.05) is 32.7 Å². The zero-order chi connectivity index (χ0) is 13.2. The minimum atomic E-state index is 0.952. The van der Waals surface area contributed by atoms with E-state index in [0.717, 1.165) is 44.2 Å². The predicted octanol–water partition coefficient (Wildman–Crippen LogP) is 1.16. The molecule has 19 heavy (non-hydrogen) atoms. The highest BCUT2D eigenvalue weighted by Crippen LogP contribution is 2.21. The normalized spacial score (nSPS) is 17.2. The smallest absolute Gasteiger partial charge is 0.161 e. The second-order valence-corrected chi connectivity index (χ2v) is 5.70. The fourth-order valence-corrected chi connectivity index (χ4v) is 3.22. The van der Waals surface area contributed by atoms with Gasteiger partial charge in [-0.05, 0) is 30.9 Å². The van der Waals surface area contributed by atoms with Gasteiger partial charge in [-0.15, -0.1) is 22.0 Å². The quantitative estimate of drug-likeness (QED) is 0.853. The summed E-state index contributed by atoms with van der Waals surface area (Å²) >= 11 is 1.75. The van der Waals surface area contributed by atoms with Gasteiger partial charge >= 0.3 is 0 Å². The molecule has 6 heteroatoms. The number of nitrogens with zero attached hydrogens (tertiary/aromatic N) is 4. The van der Waals surface area contributed by atoms with Crippen molar-refractivity contribution in [2.45, 2.75) is 18.5 Å². The average molecular weight is 277 g/mol. The molecule has 0 spiro atoms. The van der Waals surface area contributed by atoms with Crippen LogP contribution in [0.2, 0.25) is 0 Å². The summed E-state index contributed by atoms with van der Waals surface area (Å²) in [4.78, 5) is 2.48. The van der Waals surface area contributed by atoms with Crippen LogP contribution >= 0.6 is 11.8 Å². The van der Waals surface area contributed by atoms with Crippen LogP contribution < -0.4 is 5.32 Å². The van der Waals surface area contributed by atoms with E-state index in [-0.39, 0.29) is 0 Å². The topological polar surface area (TPSA) is 45.5 Å². The average Bonchev–Trinajstić information content (AvgIpc) is 2.81. The Morgan fingerprint density at radius 3 is 2.79 bits per heavy atom. The van der Waals surface area contributed by atoms with Gasteiger partial charge in [-0.1, -0.05) is 0 Å². The lowest BCUT2D eigenvalue weighted by Gasteiger charge is -2.27. The van der Waals surface area contributed by atoms with Crippen LogP contribution in [-0.4, -0.2) is 51.9 Å². The molecule has 0 atom stereocenters. The second-order valence-electron chi connectivity index (χ2n) is 4.87. The monoisotopic (exact) mass is 277 g/mol. The minimum absolute atomic E-state index is 0.952. The number of hydrogen-bond acceptors (Lipinski definition) is 5. The van der Waals surface area contributed by atoms with E-state index < -0.39 is 0 Å². The summed E-state index contributed by atoms with van der Waals surface area (Å²) in [6.07, 6.45) is 2.10. The number of piperazine rings is 1. The molecule has 2 aromatic heterocycles. The van der Waals surface area contributed by atoms with Gasteiger partial charge in [0.1, 0.15) is 5.82 Å². The molecule has 0 radical (unpaired) electrons. The lowest BCUT2D eigenvalue weighted by molar-refractivity contribution is 0.233. The number of thioether (sulfide) groups is 1.